The number of carbonyl (C=O) groups is 2. The van der Waals surface area contributed by atoms with Crippen molar-refractivity contribution in [1.82, 2.24) is 14.9 Å². The molecule has 0 aliphatic carbocycles. The van der Waals surface area contributed by atoms with Crippen LogP contribution >= 0.6 is 0 Å². The molecule has 1 atom stereocenters. The zero-order valence-electron chi connectivity index (χ0n) is 18.1. The lowest BCUT2D eigenvalue weighted by atomic mass is 9.83. The van der Waals surface area contributed by atoms with E-state index in [1.165, 1.54) is 0 Å². The van der Waals surface area contributed by atoms with Crippen molar-refractivity contribution >= 4 is 22.8 Å². The Morgan fingerprint density at radius 3 is 2.44 bits per heavy atom. The minimum Gasteiger partial charge on any atom is -0.464 e. The smallest absolute Gasteiger partial charge is 0.337 e. The highest BCUT2D eigenvalue weighted by molar-refractivity contribution is 6.00. The lowest BCUT2D eigenvalue weighted by Gasteiger charge is -2.32. The zero-order valence-corrected chi connectivity index (χ0v) is 18.1. The number of nitrogens with zero attached hydrogens (tertiary/aromatic N) is 2. The quantitative estimate of drug-likeness (QED) is 0.453. The fourth-order valence-electron chi connectivity index (χ4n) is 4.03. The Balaban J connectivity index is 1.93. The first kappa shape index (κ1) is 21.3. The van der Waals surface area contributed by atoms with E-state index < -0.39 is 17.4 Å². The summed E-state index contributed by atoms with van der Waals surface area (Å²) in [5.74, 6) is -0.952. The number of hydrogen-bond donors (Lipinski definition) is 1. The van der Waals surface area contributed by atoms with E-state index in [0.29, 0.717) is 5.56 Å². The maximum absolute atomic E-state index is 13.6. The minimum absolute atomic E-state index is 0.194. The summed E-state index contributed by atoms with van der Waals surface area (Å²) < 4.78 is 7.50. The van der Waals surface area contributed by atoms with Crippen LogP contribution < -0.4 is 5.32 Å². The van der Waals surface area contributed by atoms with Crippen molar-refractivity contribution in [1.29, 1.82) is 0 Å². The van der Waals surface area contributed by atoms with Gasteiger partial charge in [-0.05, 0) is 30.7 Å². The van der Waals surface area contributed by atoms with Crippen LogP contribution in [0.5, 0.6) is 0 Å². The average Bonchev–Trinajstić information content (AvgIpc) is 3.17. The molecular formula is C26H25N3O3. The molecule has 4 aromatic rings. The topological polar surface area (TPSA) is 73.2 Å². The first-order valence-corrected chi connectivity index (χ1v) is 10.5. The fraction of sp³-hybridized carbons (Fsp3) is 0.192. The van der Waals surface area contributed by atoms with Crippen molar-refractivity contribution in [2.45, 2.75) is 18.9 Å². The highest BCUT2D eigenvalue weighted by Gasteiger charge is 2.45. The number of aromatic nitrogens is 2. The highest BCUT2D eigenvalue weighted by atomic mass is 16.5. The summed E-state index contributed by atoms with van der Waals surface area (Å²) in [6, 6.07) is 22.5. The van der Waals surface area contributed by atoms with E-state index in [2.05, 4.69) is 10.3 Å². The van der Waals surface area contributed by atoms with Gasteiger partial charge in [0.1, 0.15) is 5.69 Å². The van der Waals surface area contributed by atoms with Gasteiger partial charge in [-0.3, -0.25) is 9.78 Å². The van der Waals surface area contributed by atoms with E-state index in [9.17, 15) is 9.59 Å². The number of hydrogen-bond acceptors (Lipinski definition) is 4. The summed E-state index contributed by atoms with van der Waals surface area (Å²) in [4.78, 5) is 31.1. The normalized spacial score (nSPS) is 12.8. The fourth-order valence-corrected chi connectivity index (χ4v) is 4.03. The molecule has 2 heterocycles. The lowest BCUT2D eigenvalue weighted by Crippen LogP contribution is -2.54. The summed E-state index contributed by atoms with van der Waals surface area (Å²) in [6.45, 7) is 1.95. The second-order valence-corrected chi connectivity index (χ2v) is 7.63. The van der Waals surface area contributed by atoms with Gasteiger partial charge in [0.25, 0.3) is 5.91 Å². The largest absolute Gasteiger partial charge is 0.464 e. The summed E-state index contributed by atoms with van der Waals surface area (Å²) in [6.07, 6.45) is 3.68. The van der Waals surface area contributed by atoms with Gasteiger partial charge in [-0.15, -0.1) is 0 Å². The molecule has 1 unspecified atom stereocenters. The molecule has 0 bridgehead atoms. The molecule has 1 N–H and O–H groups in total. The van der Waals surface area contributed by atoms with Crippen molar-refractivity contribution in [2.24, 2.45) is 7.05 Å². The van der Waals surface area contributed by atoms with Crippen LogP contribution in [0.2, 0.25) is 0 Å². The number of aryl methyl sites for hydroxylation is 1. The lowest BCUT2D eigenvalue weighted by molar-refractivity contribution is -0.151. The van der Waals surface area contributed by atoms with Gasteiger partial charge in [-0.2, -0.15) is 0 Å². The molecule has 6 nitrogen and oxygen atoms in total. The molecule has 0 saturated heterocycles. The predicted molar refractivity (Wildman–Crippen MR) is 123 cm³/mol. The Bertz CT molecular complexity index is 1240. The predicted octanol–water partition coefficient (Wildman–Crippen LogP) is 4.00. The molecule has 6 heteroatoms. The zero-order chi connectivity index (χ0) is 22.6. The number of benzene rings is 2. The number of amides is 1. The molecule has 0 radical (unpaired) electrons. The molecule has 32 heavy (non-hydrogen) atoms. The molecular weight excluding hydrogens is 402 g/mol. The van der Waals surface area contributed by atoms with E-state index in [1.54, 1.807) is 31.3 Å². The van der Waals surface area contributed by atoms with E-state index in [0.717, 1.165) is 16.5 Å². The number of esters is 1. The molecule has 0 spiro atoms. The Morgan fingerprint density at radius 2 is 1.72 bits per heavy atom. The third-order valence-electron chi connectivity index (χ3n) is 5.52. The van der Waals surface area contributed by atoms with E-state index >= 15 is 0 Å². The van der Waals surface area contributed by atoms with Gasteiger partial charge in [-0.25, -0.2) is 4.79 Å². The van der Waals surface area contributed by atoms with Crippen LogP contribution in [0.15, 0.2) is 85.2 Å². The highest BCUT2D eigenvalue weighted by Crippen LogP contribution is 2.35. The number of nitrogens with one attached hydrogen (secondary N) is 1. The monoisotopic (exact) mass is 427 g/mol. The molecule has 4 rings (SSSR count). The van der Waals surface area contributed by atoms with Crippen LogP contribution in [0.3, 0.4) is 0 Å². The summed E-state index contributed by atoms with van der Waals surface area (Å²) in [5, 5.41) is 3.89. The maximum atomic E-state index is 13.6. The number of rotatable bonds is 7. The number of carbonyl (C=O) groups excluding carboxylic acids is 2. The molecule has 162 valence electrons. The number of para-hydroxylation sites is 1. The van der Waals surface area contributed by atoms with Crippen LogP contribution in [0, 0.1) is 0 Å². The van der Waals surface area contributed by atoms with Gasteiger partial charge in [-0.1, -0.05) is 54.6 Å². The average molecular weight is 428 g/mol. The Morgan fingerprint density at radius 1 is 1.00 bits per heavy atom. The van der Waals surface area contributed by atoms with E-state index in [1.807, 2.05) is 72.4 Å². The van der Waals surface area contributed by atoms with Crippen LogP contribution in [-0.2, 0) is 28.5 Å². The molecule has 0 aliphatic rings. The SMILES string of the molecule is CCOC(=O)C(Cc1ccccc1)(NC(=O)c1ccccn1)c1cn(C)c2ccccc12. The second-order valence-electron chi connectivity index (χ2n) is 7.63. The van der Waals surface area contributed by atoms with Crippen molar-refractivity contribution < 1.29 is 14.3 Å². The Hall–Kier alpha value is -3.93. The van der Waals surface area contributed by atoms with Crippen LogP contribution in [-0.4, -0.2) is 28.0 Å². The standard InChI is InChI=1S/C26H25N3O3/c1-3-32-25(31)26(17-19-11-5-4-6-12-19,28-24(30)22-14-9-10-16-27-22)21-18-29(2)23-15-8-7-13-20(21)23/h4-16,18H,3,17H2,1-2H3,(H,28,30). The van der Waals surface area contributed by atoms with Crippen molar-refractivity contribution in [3.05, 3.63) is 102 Å². The Labute approximate surface area is 186 Å². The van der Waals surface area contributed by atoms with E-state index in [-0.39, 0.29) is 18.7 Å². The molecule has 2 aromatic heterocycles. The first-order valence-electron chi connectivity index (χ1n) is 10.5. The van der Waals surface area contributed by atoms with Crippen molar-refractivity contribution in [3.8, 4) is 0 Å². The number of fused-ring (bicyclic) bond motifs is 1. The van der Waals surface area contributed by atoms with Crippen molar-refractivity contribution in [3.63, 3.8) is 0 Å². The van der Waals surface area contributed by atoms with E-state index in [4.69, 9.17) is 4.74 Å². The van der Waals surface area contributed by atoms with Crippen LogP contribution in [0.1, 0.15) is 28.5 Å². The summed E-state index contributed by atoms with van der Waals surface area (Å²) in [7, 11) is 1.92. The molecule has 0 saturated carbocycles. The Kier molecular flexibility index (Phi) is 6.03. The van der Waals surface area contributed by atoms with Gasteiger partial charge in [0.2, 0.25) is 0 Å². The molecule has 1 amide bonds. The first-order chi connectivity index (χ1) is 15.5. The van der Waals surface area contributed by atoms with Crippen molar-refractivity contribution in [2.75, 3.05) is 6.61 Å². The molecule has 2 aromatic carbocycles. The van der Waals surface area contributed by atoms with Gasteiger partial charge < -0.3 is 14.6 Å². The number of ether oxygens (including phenoxy) is 1. The maximum Gasteiger partial charge on any atom is 0.337 e. The van der Waals surface area contributed by atoms with Gasteiger partial charge in [0.05, 0.1) is 6.61 Å². The summed E-state index contributed by atoms with van der Waals surface area (Å²) in [5.41, 5.74) is 1.33. The van der Waals surface area contributed by atoms with Gasteiger partial charge >= 0.3 is 5.97 Å². The third-order valence-corrected chi connectivity index (χ3v) is 5.52. The number of pyridine rings is 1. The van der Waals surface area contributed by atoms with Crippen LogP contribution in [0.25, 0.3) is 10.9 Å². The molecule has 0 fully saturated rings. The second kappa shape index (κ2) is 9.06. The van der Waals surface area contributed by atoms with Gasteiger partial charge in [0, 0.05) is 42.3 Å². The minimum atomic E-state index is -1.44. The molecule has 0 aliphatic heterocycles. The van der Waals surface area contributed by atoms with Gasteiger partial charge in [0.15, 0.2) is 5.54 Å². The van der Waals surface area contributed by atoms with Crippen LogP contribution in [0.4, 0.5) is 0 Å². The summed E-state index contributed by atoms with van der Waals surface area (Å²) >= 11 is 0. The third kappa shape index (κ3) is 3.99.